The van der Waals surface area contributed by atoms with E-state index in [2.05, 4.69) is 0 Å². The van der Waals surface area contributed by atoms with Crippen LogP contribution in [0.1, 0.15) is 33.6 Å². The first-order valence-corrected chi connectivity index (χ1v) is 7.62. The Labute approximate surface area is 125 Å². The van der Waals surface area contributed by atoms with Gasteiger partial charge in [0, 0.05) is 18.5 Å². The molecule has 0 spiro atoms. The molecule has 2 aliphatic heterocycles. The molecule has 3 amide bonds. The van der Waals surface area contributed by atoms with Gasteiger partial charge in [-0.25, -0.2) is 0 Å². The molecule has 21 heavy (non-hydrogen) atoms. The van der Waals surface area contributed by atoms with Gasteiger partial charge in [-0.1, -0.05) is 32.9 Å². The molecule has 0 saturated carbocycles. The molecule has 2 unspecified atom stereocenters. The zero-order valence-electron chi connectivity index (χ0n) is 12.8. The van der Waals surface area contributed by atoms with Crippen molar-refractivity contribution < 1.29 is 14.4 Å². The second-order valence-corrected chi connectivity index (χ2v) is 7.32. The number of fused-ring (bicyclic) bond motifs is 1. The third-order valence-corrected chi connectivity index (χ3v) is 4.70. The van der Waals surface area contributed by atoms with E-state index >= 15 is 0 Å². The molecular formula is C16H22N2O3. The Morgan fingerprint density at radius 2 is 1.52 bits per heavy atom. The highest BCUT2D eigenvalue weighted by atomic mass is 16.2. The zero-order valence-corrected chi connectivity index (χ0v) is 12.8. The lowest BCUT2D eigenvalue weighted by atomic mass is 9.85. The van der Waals surface area contributed by atoms with Gasteiger partial charge < -0.3 is 4.90 Å². The van der Waals surface area contributed by atoms with Gasteiger partial charge in [-0.15, -0.1) is 0 Å². The molecule has 2 saturated heterocycles. The average Bonchev–Trinajstić information content (AvgIpc) is 2.62. The lowest BCUT2D eigenvalue weighted by molar-refractivity contribution is -0.156. The molecule has 0 aromatic carbocycles. The molecule has 0 N–H and O–H groups in total. The number of rotatable bonds is 1. The molecule has 0 bridgehead atoms. The zero-order chi connectivity index (χ0) is 15.4. The summed E-state index contributed by atoms with van der Waals surface area (Å²) < 4.78 is 0. The third kappa shape index (κ3) is 2.19. The minimum Gasteiger partial charge on any atom is -0.338 e. The molecular weight excluding hydrogens is 268 g/mol. The van der Waals surface area contributed by atoms with Crippen molar-refractivity contribution in [3.05, 3.63) is 12.2 Å². The first kappa shape index (κ1) is 14.3. The van der Waals surface area contributed by atoms with Crippen molar-refractivity contribution in [3.63, 3.8) is 0 Å². The fourth-order valence-corrected chi connectivity index (χ4v) is 3.44. The normalized spacial score (nSPS) is 29.7. The first-order chi connectivity index (χ1) is 9.80. The Bertz CT molecular complexity index is 500. The smallest absolute Gasteiger partial charge is 0.233 e. The van der Waals surface area contributed by atoms with Gasteiger partial charge in [-0.2, -0.15) is 0 Å². The van der Waals surface area contributed by atoms with E-state index in [9.17, 15) is 14.4 Å². The topological polar surface area (TPSA) is 57.7 Å². The second-order valence-electron chi connectivity index (χ2n) is 7.32. The van der Waals surface area contributed by atoms with Crippen molar-refractivity contribution in [2.75, 3.05) is 13.1 Å². The molecule has 0 aromatic heterocycles. The van der Waals surface area contributed by atoms with Crippen LogP contribution in [0.15, 0.2) is 12.2 Å². The SMILES string of the molecule is CC(C)(C)C(=O)N1CC(N2C(=O)C3CC=CCC3C2=O)C1. The van der Waals surface area contributed by atoms with Crippen molar-refractivity contribution in [2.24, 2.45) is 17.3 Å². The highest BCUT2D eigenvalue weighted by Gasteiger charge is 2.52. The standard InChI is InChI=1S/C16H22N2O3/c1-16(2,3)15(21)17-8-10(9-17)18-13(19)11-6-4-5-7-12(11)14(18)20/h4-5,10-12H,6-9H2,1-3H3. The molecule has 3 aliphatic rings. The minimum atomic E-state index is -0.415. The van der Waals surface area contributed by atoms with Gasteiger partial charge >= 0.3 is 0 Å². The number of likely N-dealkylation sites (tertiary alicyclic amines) is 2. The number of hydrogen-bond donors (Lipinski definition) is 0. The van der Waals surface area contributed by atoms with E-state index in [0.717, 1.165) is 0 Å². The number of carbonyl (C=O) groups excluding carboxylic acids is 3. The minimum absolute atomic E-state index is 0.0396. The lowest BCUT2D eigenvalue weighted by Crippen LogP contribution is -2.64. The van der Waals surface area contributed by atoms with Crippen LogP contribution in [-0.2, 0) is 14.4 Å². The van der Waals surface area contributed by atoms with Gasteiger partial charge in [0.15, 0.2) is 0 Å². The van der Waals surface area contributed by atoms with Crippen LogP contribution >= 0.6 is 0 Å². The number of imide groups is 1. The summed E-state index contributed by atoms with van der Waals surface area (Å²) in [6, 6.07) is -0.123. The van der Waals surface area contributed by atoms with Gasteiger partial charge in [-0.05, 0) is 12.8 Å². The van der Waals surface area contributed by atoms with E-state index in [0.29, 0.717) is 25.9 Å². The van der Waals surface area contributed by atoms with E-state index in [-0.39, 0.29) is 35.6 Å². The summed E-state index contributed by atoms with van der Waals surface area (Å²) in [6.07, 6.45) is 5.32. The lowest BCUT2D eigenvalue weighted by Gasteiger charge is -2.45. The van der Waals surface area contributed by atoms with Crippen LogP contribution in [0.4, 0.5) is 0 Å². The van der Waals surface area contributed by atoms with Gasteiger partial charge in [0.05, 0.1) is 17.9 Å². The van der Waals surface area contributed by atoms with Crippen LogP contribution in [0.5, 0.6) is 0 Å². The number of allylic oxidation sites excluding steroid dienone is 2. The summed E-state index contributed by atoms with van der Waals surface area (Å²) in [4.78, 5) is 40.2. The maximum atomic E-state index is 12.4. The molecule has 114 valence electrons. The molecule has 5 heteroatoms. The number of nitrogens with zero attached hydrogens (tertiary/aromatic N) is 2. The molecule has 5 nitrogen and oxygen atoms in total. The predicted octanol–water partition coefficient (Wildman–Crippen LogP) is 1.19. The summed E-state index contributed by atoms with van der Waals surface area (Å²) in [5.74, 6) is -0.342. The largest absolute Gasteiger partial charge is 0.338 e. The Balaban J connectivity index is 1.67. The molecule has 2 heterocycles. The molecule has 2 fully saturated rings. The van der Waals surface area contributed by atoms with Crippen LogP contribution in [-0.4, -0.2) is 46.7 Å². The maximum absolute atomic E-state index is 12.4. The monoisotopic (exact) mass is 290 g/mol. The summed E-state index contributed by atoms with van der Waals surface area (Å²) in [6.45, 7) is 6.63. The van der Waals surface area contributed by atoms with E-state index in [1.807, 2.05) is 32.9 Å². The van der Waals surface area contributed by atoms with Crippen molar-refractivity contribution in [2.45, 2.75) is 39.7 Å². The van der Waals surface area contributed by atoms with E-state index < -0.39 is 5.41 Å². The van der Waals surface area contributed by atoms with Crippen LogP contribution in [0.25, 0.3) is 0 Å². The molecule has 0 radical (unpaired) electrons. The average molecular weight is 290 g/mol. The van der Waals surface area contributed by atoms with Gasteiger partial charge in [0.1, 0.15) is 0 Å². The summed E-state index contributed by atoms with van der Waals surface area (Å²) >= 11 is 0. The van der Waals surface area contributed by atoms with E-state index in [1.165, 1.54) is 4.90 Å². The van der Waals surface area contributed by atoms with Crippen LogP contribution in [0.3, 0.4) is 0 Å². The molecule has 1 aliphatic carbocycles. The quantitative estimate of drug-likeness (QED) is 0.538. The highest BCUT2D eigenvalue weighted by molar-refractivity contribution is 6.06. The van der Waals surface area contributed by atoms with Crippen LogP contribution in [0.2, 0.25) is 0 Å². The van der Waals surface area contributed by atoms with Crippen LogP contribution in [0, 0.1) is 17.3 Å². The Morgan fingerprint density at radius 3 is 1.95 bits per heavy atom. The predicted molar refractivity (Wildman–Crippen MR) is 77.0 cm³/mol. The number of amides is 3. The highest BCUT2D eigenvalue weighted by Crippen LogP contribution is 2.37. The first-order valence-electron chi connectivity index (χ1n) is 7.62. The van der Waals surface area contributed by atoms with Gasteiger partial charge in [0.25, 0.3) is 0 Å². The van der Waals surface area contributed by atoms with E-state index in [1.54, 1.807) is 4.90 Å². The Kier molecular flexibility index (Phi) is 3.19. The fourth-order valence-electron chi connectivity index (χ4n) is 3.44. The summed E-state index contributed by atoms with van der Waals surface area (Å²) in [5, 5.41) is 0. The van der Waals surface area contributed by atoms with Crippen molar-refractivity contribution >= 4 is 17.7 Å². The summed E-state index contributed by atoms with van der Waals surface area (Å²) in [7, 11) is 0. The molecule has 2 atom stereocenters. The van der Waals surface area contributed by atoms with Gasteiger partial charge in [-0.3, -0.25) is 19.3 Å². The Morgan fingerprint density at radius 1 is 1.05 bits per heavy atom. The van der Waals surface area contributed by atoms with Crippen molar-refractivity contribution in [3.8, 4) is 0 Å². The Hall–Kier alpha value is -1.65. The van der Waals surface area contributed by atoms with E-state index in [4.69, 9.17) is 0 Å². The van der Waals surface area contributed by atoms with Gasteiger partial charge in [0.2, 0.25) is 17.7 Å². The number of carbonyl (C=O) groups is 3. The third-order valence-electron chi connectivity index (χ3n) is 4.70. The van der Waals surface area contributed by atoms with Crippen molar-refractivity contribution in [1.82, 2.24) is 9.80 Å². The molecule has 3 rings (SSSR count). The second kappa shape index (κ2) is 4.68. The fraction of sp³-hybridized carbons (Fsp3) is 0.688. The van der Waals surface area contributed by atoms with Crippen molar-refractivity contribution in [1.29, 1.82) is 0 Å². The maximum Gasteiger partial charge on any atom is 0.233 e. The van der Waals surface area contributed by atoms with Crippen LogP contribution < -0.4 is 0 Å². The molecule has 0 aromatic rings. The summed E-state index contributed by atoms with van der Waals surface area (Å²) in [5.41, 5.74) is -0.415. The number of hydrogen-bond acceptors (Lipinski definition) is 3.